The van der Waals surface area contributed by atoms with E-state index in [1.54, 1.807) is 0 Å². The number of carboxylic acid groups (broad SMARTS) is 1. The van der Waals surface area contributed by atoms with Crippen molar-refractivity contribution in [3.05, 3.63) is 40.9 Å². The number of nitrogens with one attached hydrogen (secondary N) is 2. The average molecular weight is 331 g/mol. The first-order valence-electron chi connectivity index (χ1n) is 5.77. The van der Waals surface area contributed by atoms with Gasteiger partial charge in [0.1, 0.15) is 17.0 Å². The van der Waals surface area contributed by atoms with E-state index in [1.165, 1.54) is 18.5 Å². The van der Waals surface area contributed by atoms with Crippen LogP contribution in [0.25, 0.3) is 0 Å². The van der Waals surface area contributed by atoms with Gasteiger partial charge in [0.15, 0.2) is 0 Å². The quantitative estimate of drug-likeness (QED) is 0.715. The van der Waals surface area contributed by atoms with Crippen LogP contribution in [-0.4, -0.2) is 41.2 Å². The average Bonchev–Trinajstić information content (AvgIpc) is 2.91. The largest absolute Gasteiger partial charge is 0.478 e. The number of aromatic carboxylic acids is 1. The smallest absolute Gasteiger partial charge is 0.335 e. The molecule has 0 radical (unpaired) electrons. The molecule has 1 heterocycles. The van der Waals surface area contributed by atoms with Crippen LogP contribution in [0.3, 0.4) is 0 Å². The number of halogens is 1. The topological polar surface area (TPSA) is 125 Å². The second-order valence-corrected chi connectivity index (χ2v) is 6.17. The third kappa shape index (κ3) is 3.78. The summed E-state index contributed by atoms with van der Waals surface area (Å²) in [6.45, 7) is 0.0746. The van der Waals surface area contributed by atoms with E-state index in [0.717, 1.165) is 6.07 Å². The number of H-pyrrole nitrogens is 1. The number of sulfonamides is 1. The molecule has 0 bridgehead atoms. The van der Waals surface area contributed by atoms with Crippen molar-refractivity contribution in [3.63, 3.8) is 0 Å². The molecule has 0 amide bonds. The van der Waals surface area contributed by atoms with Crippen molar-refractivity contribution in [2.45, 2.75) is 11.3 Å². The number of nitrogens with zero attached hydrogens (tertiary/aromatic N) is 2. The lowest BCUT2D eigenvalue weighted by Crippen LogP contribution is -2.26. The molecule has 0 unspecified atom stereocenters. The van der Waals surface area contributed by atoms with E-state index in [4.69, 9.17) is 16.7 Å². The fraction of sp³-hybridized carbons (Fsp3) is 0.182. The van der Waals surface area contributed by atoms with Gasteiger partial charge in [0.05, 0.1) is 10.6 Å². The van der Waals surface area contributed by atoms with E-state index in [-0.39, 0.29) is 22.0 Å². The van der Waals surface area contributed by atoms with Crippen LogP contribution < -0.4 is 4.72 Å². The van der Waals surface area contributed by atoms with Gasteiger partial charge in [-0.1, -0.05) is 11.6 Å². The summed E-state index contributed by atoms with van der Waals surface area (Å²) >= 11 is 5.82. The van der Waals surface area contributed by atoms with Crippen LogP contribution in [0.15, 0.2) is 29.4 Å². The highest BCUT2D eigenvalue weighted by molar-refractivity contribution is 7.89. The summed E-state index contributed by atoms with van der Waals surface area (Å²) in [5.41, 5.74) is -0.157. The number of benzene rings is 1. The zero-order chi connectivity index (χ0) is 15.5. The molecule has 10 heteroatoms. The fourth-order valence-electron chi connectivity index (χ4n) is 1.58. The minimum Gasteiger partial charge on any atom is -0.478 e. The molecule has 0 aliphatic heterocycles. The Morgan fingerprint density at radius 3 is 2.81 bits per heavy atom. The Morgan fingerprint density at radius 2 is 2.19 bits per heavy atom. The number of rotatable bonds is 6. The van der Waals surface area contributed by atoms with Crippen molar-refractivity contribution in [1.82, 2.24) is 19.9 Å². The highest BCUT2D eigenvalue weighted by Crippen LogP contribution is 2.22. The number of hydrogen-bond donors (Lipinski definition) is 3. The highest BCUT2D eigenvalue weighted by Gasteiger charge is 2.19. The summed E-state index contributed by atoms with van der Waals surface area (Å²) in [6, 6.07) is 3.48. The van der Waals surface area contributed by atoms with Crippen LogP contribution in [0.5, 0.6) is 0 Å². The Morgan fingerprint density at radius 1 is 1.43 bits per heavy atom. The molecule has 0 aliphatic rings. The summed E-state index contributed by atoms with van der Waals surface area (Å²) in [5.74, 6) is -0.701. The zero-order valence-corrected chi connectivity index (χ0v) is 12.1. The first-order valence-corrected chi connectivity index (χ1v) is 7.63. The fourth-order valence-corrected chi connectivity index (χ4v) is 3.13. The van der Waals surface area contributed by atoms with E-state index in [9.17, 15) is 13.2 Å². The van der Waals surface area contributed by atoms with Crippen LogP contribution in [0, 0.1) is 0 Å². The second kappa shape index (κ2) is 6.20. The van der Waals surface area contributed by atoms with Gasteiger partial charge in [0.25, 0.3) is 0 Å². The van der Waals surface area contributed by atoms with Crippen molar-refractivity contribution >= 4 is 27.6 Å². The van der Waals surface area contributed by atoms with Gasteiger partial charge in [-0.15, -0.1) is 0 Å². The van der Waals surface area contributed by atoms with Gasteiger partial charge >= 0.3 is 5.97 Å². The predicted octanol–water partition coefficient (Wildman–Crippen LogP) is 0.677. The summed E-state index contributed by atoms with van der Waals surface area (Å²) in [7, 11) is -3.91. The summed E-state index contributed by atoms with van der Waals surface area (Å²) in [6.07, 6.45) is 1.63. The SMILES string of the molecule is O=C(O)c1ccc(Cl)c(S(=O)(=O)NCCc2ncn[nH]2)c1. The maximum Gasteiger partial charge on any atom is 0.335 e. The Labute approximate surface area is 125 Å². The van der Waals surface area contributed by atoms with Crippen molar-refractivity contribution in [2.24, 2.45) is 0 Å². The molecule has 2 aromatic rings. The normalized spacial score (nSPS) is 11.5. The van der Waals surface area contributed by atoms with Gasteiger partial charge in [-0.05, 0) is 18.2 Å². The Kier molecular flexibility index (Phi) is 4.56. The lowest BCUT2D eigenvalue weighted by Gasteiger charge is -2.08. The van der Waals surface area contributed by atoms with Crippen LogP contribution in [0.2, 0.25) is 5.02 Å². The number of carbonyl (C=O) groups is 1. The molecule has 1 aromatic heterocycles. The van der Waals surface area contributed by atoms with Gasteiger partial charge < -0.3 is 5.11 Å². The Balaban J connectivity index is 2.15. The maximum atomic E-state index is 12.1. The van der Waals surface area contributed by atoms with Crippen LogP contribution >= 0.6 is 11.6 Å². The molecule has 8 nitrogen and oxygen atoms in total. The molecular formula is C11H11ClN4O4S. The maximum absolute atomic E-state index is 12.1. The number of aromatic amines is 1. The number of hydrogen-bond acceptors (Lipinski definition) is 5. The second-order valence-electron chi connectivity index (χ2n) is 4.03. The summed E-state index contributed by atoms with van der Waals surface area (Å²) in [5, 5.41) is 15.1. The van der Waals surface area contributed by atoms with Crippen LogP contribution in [0.4, 0.5) is 0 Å². The number of carboxylic acids is 1. The minimum atomic E-state index is -3.91. The monoisotopic (exact) mass is 330 g/mol. The van der Waals surface area contributed by atoms with Gasteiger partial charge in [-0.2, -0.15) is 5.10 Å². The molecule has 112 valence electrons. The molecule has 0 atom stereocenters. The van der Waals surface area contributed by atoms with Gasteiger partial charge in [0.2, 0.25) is 10.0 Å². The molecule has 1 aromatic carbocycles. The lowest BCUT2D eigenvalue weighted by molar-refractivity contribution is 0.0696. The zero-order valence-electron chi connectivity index (χ0n) is 10.6. The molecule has 2 rings (SSSR count). The summed E-state index contributed by atoms with van der Waals surface area (Å²) in [4.78, 5) is 14.5. The molecule has 0 fully saturated rings. The molecule has 0 spiro atoms. The molecule has 0 saturated carbocycles. The number of aromatic nitrogens is 3. The van der Waals surface area contributed by atoms with E-state index >= 15 is 0 Å². The standard InChI is InChI=1S/C11H11ClN4O4S/c12-8-2-1-7(11(17)18)5-9(8)21(19,20)15-4-3-10-13-6-14-16-10/h1-2,5-6,15H,3-4H2,(H,17,18)(H,13,14,16). The van der Waals surface area contributed by atoms with Crippen molar-refractivity contribution in [1.29, 1.82) is 0 Å². The van der Waals surface area contributed by atoms with Gasteiger partial charge in [0, 0.05) is 13.0 Å². The molecule has 0 aliphatic carbocycles. The highest BCUT2D eigenvalue weighted by atomic mass is 35.5. The van der Waals surface area contributed by atoms with Gasteiger partial charge in [-0.3, -0.25) is 5.10 Å². The Bertz CT molecular complexity index is 746. The lowest BCUT2D eigenvalue weighted by atomic mass is 10.2. The van der Waals surface area contributed by atoms with E-state index in [0.29, 0.717) is 12.2 Å². The molecule has 3 N–H and O–H groups in total. The van der Waals surface area contributed by atoms with Gasteiger partial charge in [-0.25, -0.2) is 22.9 Å². The van der Waals surface area contributed by atoms with Crippen molar-refractivity contribution in [3.8, 4) is 0 Å². The molecule has 21 heavy (non-hydrogen) atoms. The van der Waals surface area contributed by atoms with Crippen molar-refractivity contribution < 1.29 is 18.3 Å². The Hall–Kier alpha value is -1.97. The minimum absolute atomic E-state index is 0.0489. The third-order valence-corrected chi connectivity index (χ3v) is 4.53. The van der Waals surface area contributed by atoms with Crippen LogP contribution in [0.1, 0.15) is 16.2 Å². The van der Waals surface area contributed by atoms with E-state index < -0.39 is 16.0 Å². The van der Waals surface area contributed by atoms with E-state index in [1.807, 2.05) is 0 Å². The predicted molar refractivity (Wildman–Crippen MR) is 73.7 cm³/mol. The molecular weight excluding hydrogens is 320 g/mol. The van der Waals surface area contributed by atoms with Crippen molar-refractivity contribution in [2.75, 3.05) is 6.54 Å². The molecule has 0 saturated heterocycles. The third-order valence-electron chi connectivity index (χ3n) is 2.59. The first kappa shape index (κ1) is 15.4. The summed E-state index contributed by atoms with van der Waals surface area (Å²) < 4.78 is 26.6. The van der Waals surface area contributed by atoms with Crippen LogP contribution in [-0.2, 0) is 16.4 Å². The first-order chi connectivity index (χ1) is 9.90. The van der Waals surface area contributed by atoms with E-state index in [2.05, 4.69) is 19.9 Å².